The van der Waals surface area contributed by atoms with Crippen LogP contribution in [0.2, 0.25) is 0 Å². The summed E-state index contributed by atoms with van der Waals surface area (Å²) < 4.78 is 5.16. The van der Waals surface area contributed by atoms with Gasteiger partial charge in [0.2, 0.25) is 0 Å². The quantitative estimate of drug-likeness (QED) is 0.518. The van der Waals surface area contributed by atoms with Gasteiger partial charge in [-0.2, -0.15) is 0 Å². The molecule has 0 saturated heterocycles. The summed E-state index contributed by atoms with van der Waals surface area (Å²) in [6.07, 6.45) is 4.78. The van der Waals surface area contributed by atoms with Crippen LogP contribution in [0, 0.1) is 0 Å². The van der Waals surface area contributed by atoms with Gasteiger partial charge in [-0.05, 0) is 6.08 Å². The highest BCUT2D eigenvalue weighted by molar-refractivity contribution is 6.34. The van der Waals surface area contributed by atoms with Gasteiger partial charge in [0.25, 0.3) is 0 Å². The molecule has 0 saturated carbocycles. The average molecular weight is 156 g/mol. The molecule has 3 nitrogen and oxygen atoms in total. The van der Waals surface area contributed by atoms with E-state index < -0.39 is 0 Å². The second-order valence-corrected chi connectivity index (χ2v) is 3.23. The van der Waals surface area contributed by atoms with E-state index in [9.17, 15) is 0 Å². The van der Waals surface area contributed by atoms with Gasteiger partial charge < -0.3 is 4.52 Å². The van der Waals surface area contributed by atoms with Crippen molar-refractivity contribution in [3.8, 4) is 0 Å². The molecule has 3 heteroatoms. The number of nitrogens with zero attached hydrogens (tertiary/aromatic N) is 2. The first kappa shape index (κ1) is 5.09. The number of aromatic nitrogens is 1. The highest BCUT2D eigenvalue weighted by Crippen LogP contribution is 2.37. The van der Waals surface area contributed by atoms with Crippen molar-refractivity contribution in [2.45, 2.75) is 6.42 Å². The Hall–Kier alpha value is -1.64. The van der Waals surface area contributed by atoms with Gasteiger partial charge in [-0.1, -0.05) is 5.16 Å². The van der Waals surface area contributed by atoms with Crippen molar-refractivity contribution in [1.29, 1.82) is 0 Å². The zero-order valence-electron chi connectivity index (χ0n) is 6.16. The van der Waals surface area contributed by atoms with Crippen LogP contribution < -0.4 is 10.6 Å². The second kappa shape index (κ2) is 1.31. The van der Waals surface area contributed by atoms with Crippen molar-refractivity contribution < 1.29 is 4.52 Å². The lowest BCUT2D eigenvalue weighted by Crippen LogP contribution is -2.17. The van der Waals surface area contributed by atoms with Gasteiger partial charge in [0, 0.05) is 17.6 Å². The van der Waals surface area contributed by atoms with E-state index in [1.54, 1.807) is 6.20 Å². The summed E-state index contributed by atoms with van der Waals surface area (Å²) in [7, 11) is 0. The molecule has 0 atom stereocenters. The number of aliphatic imine (C=N–C) groups is 1. The molecular formula is C9H4N2O. The summed E-state index contributed by atoms with van der Waals surface area (Å²) in [5.74, 6) is 0. The van der Waals surface area contributed by atoms with Crippen LogP contribution in [0.4, 0.5) is 0 Å². The monoisotopic (exact) mass is 156 g/mol. The minimum absolute atomic E-state index is 0.937. The molecule has 12 heavy (non-hydrogen) atoms. The van der Waals surface area contributed by atoms with Gasteiger partial charge in [-0.25, -0.2) is 0 Å². The predicted octanol–water partition coefficient (Wildman–Crippen LogP) is -0.268. The fraction of sp³-hybridized carbons (Fsp3) is 0.111. The summed E-state index contributed by atoms with van der Waals surface area (Å²) in [6.45, 7) is 0. The maximum atomic E-state index is 5.16. The molecule has 0 N–H and O–H groups in total. The van der Waals surface area contributed by atoms with Gasteiger partial charge >= 0.3 is 0 Å². The molecule has 1 aromatic rings. The van der Waals surface area contributed by atoms with Crippen molar-refractivity contribution in [3.63, 3.8) is 0 Å². The summed E-state index contributed by atoms with van der Waals surface area (Å²) in [6, 6.07) is 0. The van der Waals surface area contributed by atoms with Crippen LogP contribution in [0.1, 0.15) is 6.42 Å². The highest BCUT2D eigenvalue weighted by Gasteiger charge is 2.33. The largest absolute Gasteiger partial charge is 0.356 e. The summed E-state index contributed by atoms with van der Waals surface area (Å²) >= 11 is 0. The maximum absolute atomic E-state index is 5.16. The van der Waals surface area contributed by atoms with Gasteiger partial charge in [0.1, 0.15) is 0 Å². The van der Waals surface area contributed by atoms with E-state index in [4.69, 9.17) is 4.52 Å². The molecule has 0 fully saturated rings. The average Bonchev–Trinajstić information content (AvgIpc) is 2.57. The van der Waals surface area contributed by atoms with E-state index in [1.807, 2.05) is 0 Å². The van der Waals surface area contributed by atoms with Crippen molar-refractivity contribution in [2.75, 3.05) is 0 Å². The van der Waals surface area contributed by atoms with Crippen LogP contribution in [0.15, 0.2) is 27.4 Å². The Bertz CT molecular complexity index is 586. The second-order valence-electron chi connectivity index (χ2n) is 3.23. The Morgan fingerprint density at radius 1 is 1.42 bits per heavy atom. The van der Waals surface area contributed by atoms with E-state index in [-0.39, 0.29) is 0 Å². The third kappa shape index (κ3) is 0.384. The molecule has 56 valence electrons. The number of rotatable bonds is 0. The van der Waals surface area contributed by atoms with Gasteiger partial charge in [0.15, 0.2) is 5.42 Å². The lowest BCUT2D eigenvalue weighted by atomic mass is 10.1. The number of fused-ring (bicyclic) bond motifs is 5. The molecule has 0 unspecified atom stereocenters. The first-order valence-corrected chi connectivity index (χ1v) is 3.92. The summed E-state index contributed by atoms with van der Waals surface area (Å²) in [4.78, 5) is 4.45. The summed E-state index contributed by atoms with van der Waals surface area (Å²) in [5.41, 5.74) is 5.75. The van der Waals surface area contributed by atoms with Crippen LogP contribution in [-0.2, 0) is 0 Å². The first-order valence-electron chi connectivity index (χ1n) is 3.92. The smallest absolute Gasteiger partial charge is 0.172 e. The topological polar surface area (TPSA) is 38.4 Å². The molecule has 2 heterocycles. The van der Waals surface area contributed by atoms with Crippen molar-refractivity contribution in [1.82, 2.24) is 5.16 Å². The number of hydrogen-bond acceptors (Lipinski definition) is 3. The third-order valence-electron chi connectivity index (χ3n) is 2.55. The molecule has 0 radical (unpaired) electrons. The molecule has 0 aromatic carbocycles. The van der Waals surface area contributed by atoms with Crippen LogP contribution >= 0.6 is 0 Å². The third-order valence-corrected chi connectivity index (χ3v) is 2.55. The number of allylic oxidation sites excluding steroid dienone is 2. The van der Waals surface area contributed by atoms with Crippen LogP contribution in [0.25, 0.3) is 11.3 Å². The van der Waals surface area contributed by atoms with E-state index in [0.717, 1.165) is 28.5 Å². The minimum atomic E-state index is 0.937. The predicted molar refractivity (Wildman–Crippen MR) is 42.7 cm³/mol. The normalized spacial score (nSPS) is 21.7. The Morgan fingerprint density at radius 2 is 2.42 bits per heavy atom. The molecule has 2 bridgehead atoms. The summed E-state index contributed by atoms with van der Waals surface area (Å²) in [5, 5.41) is 4.85. The Labute approximate surface area is 67.4 Å². The lowest BCUT2D eigenvalue weighted by Gasteiger charge is -2.01. The fourth-order valence-electron chi connectivity index (χ4n) is 1.90. The molecule has 1 aliphatic heterocycles. The molecule has 4 rings (SSSR count). The Kier molecular flexibility index (Phi) is 0.554. The van der Waals surface area contributed by atoms with Crippen LogP contribution in [-0.4, -0.2) is 10.9 Å². The van der Waals surface area contributed by atoms with Crippen molar-refractivity contribution in [3.05, 3.63) is 28.5 Å². The van der Waals surface area contributed by atoms with E-state index >= 15 is 0 Å². The first-order chi connectivity index (χ1) is 5.93. The van der Waals surface area contributed by atoms with Crippen molar-refractivity contribution in [2.24, 2.45) is 4.99 Å². The molecule has 2 aliphatic carbocycles. The Morgan fingerprint density at radius 3 is 3.42 bits per heavy atom. The van der Waals surface area contributed by atoms with Gasteiger partial charge in [0.05, 0.1) is 22.8 Å². The van der Waals surface area contributed by atoms with Crippen LogP contribution in [0.5, 0.6) is 0 Å². The van der Waals surface area contributed by atoms with E-state index in [0.29, 0.717) is 0 Å². The van der Waals surface area contributed by atoms with E-state index in [1.165, 1.54) is 11.1 Å². The molecule has 0 spiro atoms. The lowest BCUT2D eigenvalue weighted by molar-refractivity contribution is 0.392. The van der Waals surface area contributed by atoms with Crippen LogP contribution in [0.3, 0.4) is 0 Å². The van der Waals surface area contributed by atoms with Gasteiger partial charge in [-0.15, -0.1) is 0 Å². The van der Waals surface area contributed by atoms with Crippen molar-refractivity contribution >= 4 is 17.0 Å². The van der Waals surface area contributed by atoms with E-state index in [2.05, 4.69) is 16.2 Å². The zero-order chi connectivity index (χ0) is 7.71. The molecule has 3 aliphatic rings. The SMILES string of the molecule is C1=C2C1=NC1=c3cnoc3=C2C1. The fourth-order valence-corrected chi connectivity index (χ4v) is 1.90. The molecule has 0 amide bonds. The molecular weight excluding hydrogens is 152 g/mol. The highest BCUT2D eigenvalue weighted by atomic mass is 16.5. The Balaban J connectivity index is 2.40. The molecule has 1 aromatic heterocycles. The minimum Gasteiger partial charge on any atom is -0.356 e. The zero-order valence-corrected chi connectivity index (χ0v) is 6.16. The number of hydrogen-bond donors (Lipinski definition) is 0. The standard InChI is InChI=1S/C9H4N2O/c1-4-5-2-8(11-7(1)4)6-3-10-12-9(5)6/h1,3H,2H2. The maximum Gasteiger partial charge on any atom is 0.172 e. The van der Waals surface area contributed by atoms with Gasteiger partial charge in [-0.3, -0.25) is 4.99 Å².